The lowest BCUT2D eigenvalue weighted by Crippen LogP contribution is -2.35. The average Bonchev–Trinajstić information content (AvgIpc) is 2.85. The van der Waals surface area contributed by atoms with Crippen molar-refractivity contribution in [2.75, 3.05) is 0 Å². The monoisotopic (exact) mass is 385 g/mol. The number of rotatable bonds is 5. The minimum Gasteiger partial charge on any atom is -0.348 e. The van der Waals surface area contributed by atoms with Crippen molar-refractivity contribution in [3.8, 4) is 0 Å². The van der Waals surface area contributed by atoms with E-state index in [1.807, 2.05) is 13.8 Å². The average molecular weight is 386 g/mol. The lowest BCUT2D eigenvalue weighted by molar-refractivity contribution is 0.0934. The first-order valence-corrected chi connectivity index (χ1v) is 8.08. The highest BCUT2D eigenvalue weighted by atomic mass is 79.9. The minimum atomic E-state index is -0.617. The van der Waals surface area contributed by atoms with Crippen LogP contribution in [-0.2, 0) is 6.42 Å². The van der Waals surface area contributed by atoms with Crippen molar-refractivity contribution in [2.45, 2.75) is 39.2 Å². The van der Waals surface area contributed by atoms with Crippen LogP contribution >= 0.6 is 15.9 Å². The Morgan fingerprint density at radius 1 is 1.30 bits per heavy atom. The topological polar surface area (TPSA) is 57.8 Å². The van der Waals surface area contributed by atoms with Crippen LogP contribution in [0.15, 0.2) is 22.7 Å². The summed E-state index contributed by atoms with van der Waals surface area (Å²) >= 11 is 3.36. The van der Waals surface area contributed by atoms with E-state index in [-0.39, 0.29) is 23.6 Å². The molecular weight excluding hydrogens is 368 g/mol. The van der Waals surface area contributed by atoms with Gasteiger partial charge in [0.25, 0.3) is 5.91 Å². The molecule has 23 heavy (non-hydrogen) atoms. The summed E-state index contributed by atoms with van der Waals surface area (Å²) < 4.78 is 27.9. The summed E-state index contributed by atoms with van der Waals surface area (Å²) in [6.45, 7) is 5.64. The highest BCUT2D eigenvalue weighted by Crippen LogP contribution is 2.25. The molecule has 2 rings (SSSR count). The van der Waals surface area contributed by atoms with E-state index in [1.165, 1.54) is 18.2 Å². The molecule has 1 aromatic heterocycles. The van der Waals surface area contributed by atoms with Gasteiger partial charge >= 0.3 is 0 Å². The molecule has 0 aliphatic carbocycles. The van der Waals surface area contributed by atoms with E-state index in [0.717, 1.165) is 5.69 Å². The number of carbonyl (C=O) groups is 1. The number of aromatic amines is 1. The van der Waals surface area contributed by atoms with E-state index < -0.39 is 23.6 Å². The molecule has 0 aliphatic heterocycles. The smallest absolute Gasteiger partial charge is 0.273 e. The molecule has 1 heterocycles. The summed E-state index contributed by atoms with van der Waals surface area (Å²) in [5.41, 5.74) is 1.02. The van der Waals surface area contributed by atoms with Crippen molar-refractivity contribution in [3.05, 3.63) is 51.3 Å². The largest absolute Gasteiger partial charge is 0.348 e. The predicted octanol–water partition coefficient (Wildman–Crippen LogP) is 3.93. The maximum absolute atomic E-state index is 13.6. The summed E-state index contributed by atoms with van der Waals surface area (Å²) in [5.74, 6) is -1.45. The molecule has 2 N–H and O–H groups in total. The highest BCUT2D eigenvalue weighted by Gasteiger charge is 2.21. The van der Waals surface area contributed by atoms with Gasteiger partial charge in [-0.15, -0.1) is 0 Å². The Labute approximate surface area is 141 Å². The van der Waals surface area contributed by atoms with Gasteiger partial charge in [-0.25, -0.2) is 8.78 Å². The predicted molar refractivity (Wildman–Crippen MR) is 87.4 cm³/mol. The summed E-state index contributed by atoms with van der Waals surface area (Å²) in [4.78, 5) is 12.3. The highest BCUT2D eigenvalue weighted by molar-refractivity contribution is 9.10. The third kappa shape index (κ3) is 3.96. The molecule has 1 unspecified atom stereocenters. The van der Waals surface area contributed by atoms with Crippen LogP contribution in [0.2, 0.25) is 0 Å². The van der Waals surface area contributed by atoms with Crippen molar-refractivity contribution in [2.24, 2.45) is 0 Å². The van der Waals surface area contributed by atoms with Crippen molar-refractivity contribution < 1.29 is 13.6 Å². The Balaban J connectivity index is 2.08. The Bertz CT molecular complexity index is 695. The number of nitrogens with zero attached hydrogens (tertiary/aromatic N) is 1. The van der Waals surface area contributed by atoms with Crippen molar-refractivity contribution in [1.82, 2.24) is 15.5 Å². The fourth-order valence-electron chi connectivity index (χ4n) is 2.25. The Morgan fingerprint density at radius 2 is 1.91 bits per heavy atom. The van der Waals surface area contributed by atoms with Crippen molar-refractivity contribution >= 4 is 21.8 Å². The first-order chi connectivity index (χ1) is 10.8. The van der Waals surface area contributed by atoms with Gasteiger partial charge in [0, 0.05) is 11.6 Å². The summed E-state index contributed by atoms with van der Waals surface area (Å²) in [6, 6.07) is 3.27. The van der Waals surface area contributed by atoms with Gasteiger partial charge in [0.15, 0.2) is 5.69 Å². The van der Waals surface area contributed by atoms with Crippen LogP contribution in [0.1, 0.15) is 48.4 Å². The molecule has 0 bridgehead atoms. The van der Waals surface area contributed by atoms with Gasteiger partial charge in [0.05, 0.1) is 10.2 Å². The van der Waals surface area contributed by atoms with E-state index in [9.17, 15) is 13.6 Å². The van der Waals surface area contributed by atoms with Crippen LogP contribution in [0.4, 0.5) is 8.78 Å². The number of aromatic nitrogens is 2. The van der Waals surface area contributed by atoms with Gasteiger partial charge < -0.3 is 5.32 Å². The number of nitrogens with one attached hydrogen (secondary N) is 2. The number of benzene rings is 1. The molecule has 0 saturated carbocycles. The third-order valence-electron chi connectivity index (χ3n) is 3.47. The van der Waals surface area contributed by atoms with Gasteiger partial charge in [-0.1, -0.05) is 19.9 Å². The van der Waals surface area contributed by atoms with E-state index in [0.29, 0.717) is 4.47 Å². The van der Waals surface area contributed by atoms with Crippen LogP contribution in [0.5, 0.6) is 0 Å². The molecule has 0 aliphatic rings. The van der Waals surface area contributed by atoms with Crippen molar-refractivity contribution in [1.29, 1.82) is 0 Å². The molecule has 2 aromatic rings. The van der Waals surface area contributed by atoms with Crippen LogP contribution in [0.25, 0.3) is 0 Å². The fraction of sp³-hybridized carbons (Fsp3) is 0.375. The van der Waals surface area contributed by atoms with Crippen LogP contribution in [0, 0.1) is 11.6 Å². The first-order valence-electron chi connectivity index (χ1n) is 7.28. The summed E-state index contributed by atoms with van der Waals surface area (Å²) in [5, 5.41) is 9.53. The molecule has 1 amide bonds. The quantitative estimate of drug-likeness (QED) is 0.818. The molecule has 0 fully saturated rings. The Hall–Kier alpha value is -1.76. The molecular formula is C16H18BrF2N3O. The first kappa shape index (κ1) is 17.6. The van der Waals surface area contributed by atoms with Crippen LogP contribution < -0.4 is 5.32 Å². The summed E-state index contributed by atoms with van der Waals surface area (Å²) in [6.07, 6.45) is 0.0589. The van der Waals surface area contributed by atoms with Gasteiger partial charge in [0.2, 0.25) is 0 Å². The molecule has 1 aromatic carbocycles. The molecule has 7 heteroatoms. The standard InChI is InChI=1S/C16H18BrF2N3O/c1-8(2)14-13(17)15(22-21-14)16(23)20-9(3)7-10-11(18)5-4-6-12(10)19/h4-6,8-9H,7H2,1-3H3,(H,20,23)(H,21,22). The molecule has 4 nitrogen and oxygen atoms in total. The maximum atomic E-state index is 13.6. The third-order valence-corrected chi connectivity index (χ3v) is 4.28. The lowest BCUT2D eigenvalue weighted by atomic mass is 10.1. The minimum absolute atomic E-state index is 0.0377. The molecule has 0 radical (unpaired) electrons. The van der Waals surface area contributed by atoms with E-state index in [1.54, 1.807) is 6.92 Å². The fourth-order valence-corrected chi connectivity index (χ4v) is 3.07. The number of amides is 1. The zero-order valence-electron chi connectivity index (χ0n) is 13.1. The number of halogens is 3. The normalized spacial score (nSPS) is 12.5. The molecule has 0 spiro atoms. The maximum Gasteiger partial charge on any atom is 0.273 e. The van der Waals surface area contributed by atoms with Gasteiger partial charge in [-0.2, -0.15) is 5.10 Å². The second-order valence-electron chi connectivity index (χ2n) is 5.73. The Morgan fingerprint density at radius 3 is 2.43 bits per heavy atom. The van der Waals surface area contributed by atoms with E-state index in [2.05, 4.69) is 31.4 Å². The summed E-state index contributed by atoms with van der Waals surface area (Å²) in [7, 11) is 0. The number of carbonyl (C=O) groups excluding carboxylic acids is 1. The molecule has 124 valence electrons. The van der Waals surface area contributed by atoms with Crippen molar-refractivity contribution in [3.63, 3.8) is 0 Å². The number of H-pyrrole nitrogens is 1. The van der Waals surface area contributed by atoms with E-state index >= 15 is 0 Å². The van der Waals surface area contributed by atoms with E-state index in [4.69, 9.17) is 0 Å². The number of hydrogen-bond donors (Lipinski definition) is 2. The second kappa shape index (κ2) is 7.21. The second-order valence-corrected chi connectivity index (χ2v) is 6.53. The zero-order chi connectivity index (χ0) is 17.1. The molecule has 0 saturated heterocycles. The van der Waals surface area contributed by atoms with Gasteiger partial charge in [-0.05, 0) is 47.3 Å². The Kier molecular flexibility index (Phi) is 5.51. The molecule has 1 atom stereocenters. The van der Waals surface area contributed by atoms with Crippen LogP contribution in [0.3, 0.4) is 0 Å². The number of hydrogen-bond acceptors (Lipinski definition) is 2. The lowest BCUT2D eigenvalue weighted by Gasteiger charge is -2.14. The van der Waals surface area contributed by atoms with Gasteiger partial charge in [0.1, 0.15) is 11.6 Å². The SMILES string of the molecule is CC(Cc1c(F)cccc1F)NC(=O)c1n[nH]c(C(C)C)c1Br. The van der Waals surface area contributed by atoms with Gasteiger partial charge in [-0.3, -0.25) is 9.89 Å². The van der Waals surface area contributed by atoms with Crippen LogP contribution in [-0.4, -0.2) is 22.1 Å². The zero-order valence-corrected chi connectivity index (χ0v) is 14.7.